The molecule has 0 spiro atoms. The van der Waals surface area contributed by atoms with Gasteiger partial charge < -0.3 is 5.11 Å². The van der Waals surface area contributed by atoms with Crippen molar-refractivity contribution in [2.45, 2.75) is 12.8 Å². The first-order valence-corrected chi connectivity index (χ1v) is 7.01. The first-order chi connectivity index (χ1) is 7.61. The Morgan fingerprint density at radius 3 is 2.50 bits per heavy atom. The minimum absolute atomic E-state index is 0.122. The highest BCUT2D eigenvalue weighted by molar-refractivity contribution is 7.93. The fraction of sp³-hybridized carbons (Fsp3) is 0.364. The zero-order chi connectivity index (χ0) is 11.6. The van der Waals surface area contributed by atoms with Gasteiger partial charge in [0.15, 0.2) is 0 Å². The summed E-state index contributed by atoms with van der Waals surface area (Å²) in [7, 11) is -2.20. The van der Waals surface area contributed by atoms with Crippen LogP contribution < -0.4 is 0 Å². The van der Waals surface area contributed by atoms with E-state index in [1.807, 2.05) is 0 Å². The van der Waals surface area contributed by atoms with Crippen molar-refractivity contribution in [1.29, 1.82) is 0 Å². The van der Waals surface area contributed by atoms with Crippen LogP contribution in [-0.2, 0) is 9.73 Å². The highest BCUT2D eigenvalue weighted by Gasteiger charge is 2.18. The average Bonchev–Trinajstić information content (AvgIpc) is 2.65. The van der Waals surface area contributed by atoms with Crippen LogP contribution in [0.2, 0.25) is 0 Å². The topological polar surface area (TPSA) is 66.7 Å². The summed E-state index contributed by atoms with van der Waals surface area (Å²) in [6.07, 6.45) is 1.83. The lowest BCUT2D eigenvalue weighted by Gasteiger charge is -2.03. The van der Waals surface area contributed by atoms with Crippen molar-refractivity contribution in [2.24, 2.45) is 4.36 Å². The molecule has 0 unspecified atom stereocenters. The maximum atomic E-state index is 12.2. The first kappa shape index (κ1) is 11.1. The SMILES string of the molecule is O=C(O)c1ccccc1N=S1(=O)CCCC1. The summed E-state index contributed by atoms with van der Waals surface area (Å²) in [5, 5.41) is 8.97. The second-order valence-electron chi connectivity index (χ2n) is 3.80. The molecule has 5 heteroatoms. The van der Waals surface area contributed by atoms with Crippen LogP contribution >= 0.6 is 0 Å². The number of aromatic carboxylic acids is 1. The Kier molecular flexibility index (Phi) is 2.96. The summed E-state index contributed by atoms with van der Waals surface area (Å²) in [6, 6.07) is 6.44. The Morgan fingerprint density at radius 1 is 1.25 bits per heavy atom. The fourth-order valence-corrected chi connectivity index (χ4v) is 3.98. The van der Waals surface area contributed by atoms with E-state index in [4.69, 9.17) is 5.11 Å². The zero-order valence-electron chi connectivity index (χ0n) is 8.76. The van der Waals surface area contributed by atoms with Gasteiger partial charge in [-0.05, 0) is 25.0 Å². The van der Waals surface area contributed by atoms with Crippen LogP contribution in [0.5, 0.6) is 0 Å². The lowest BCUT2D eigenvalue weighted by molar-refractivity contribution is 0.0698. The van der Waals surface area contributed by atoms with E-state index < -0.39 is 15.7 Å². The van der Waals surface area contributed by atoms with Gasteiger partial charge in [0.05, 0.1) is 21.0 Å². The average molecular weight is 239 g/mol. The molecule has 1 N–H and O–H groups in total. The second kappa shape index (κ2) is 4.25. The van der Waals surface area contributed by atoms with Crippen LogP contribution in [0.15, 0.2) is 28.6 Å². The van der Waals surface area contributed by atoms with Crippen molar-refractivity contribution < 1.29 is 14.1 Å². The van der Waals surface area contributed by atoms with Gasteiger partial charge in [-0.25, -0.2) is 9.00 Å². The van der Waals surface area contributed by atoms with Crippen LogP contribution in [0.3, 0.4) is 0 Å². The van der Waals surface area contributed by atoms with Crippen molar-refractivity contribution in [2.75, 3.05) is 11.5 Å². The van der Waals surface area contributed by atoms with E-state index in [-0.39, 0.29) is 5.56 Å². The molecule has 16 heavy (non-hydrogen) atoms. The zero-order valence-corrected chi connectivity index (χ0v) is 9.57. The van der Waals surface area contributed by atoms with E-state index in [1.54, 1.807) is 18.2 Å². The Bertz CT molecular complexity index is 518. The molecular weight excluding hydrogens is 226 g/mol. The summed E-state index contributed by atoms with van der Waals surface area (Å²) >= 11 is 0. The van der Waals surface area contributed by atoms with Gasteiger partial charge in [0.25, 0.3) is 0 Å². The van der Waals surface area contributed by atoms with Crippen molar-refractivity contribution in [3.63, 3.8) is 0 Å². The highest BCUT2D eigenvalue weighted by atomic mass is 32.2. The molecule has 1 heterocycles. The molecule has 1 aromatic rings. The quantitative estimate of drug-likeness (QED) is 0.860. The van der Waals surface area contributed by atoms with E-state index in [2.05, 4.69) is 4.36 Å². The van der Waals surface area contributed by atoms with E-state index in [0.29, 0.717) is 17.2 Å². The van der Waals surface area contributed by atoms with Gasteiger partial charge >= 0.3 is 5.97 Å². The Hall–Kier alpha value is -1.36. The number of rotatable bonds is 2. The molecule has 1 aliphatic rings. The Labute approximate surface area is 94.5 Å². The van der Waals surface area contributed by atoms with Gasteiger partial charge in [0, 0.05) is 11.5 Å². The summed E-state index contributed by atoms with van der Waals surface area (Å²) < 4.78 is 16.3. The van der Waals surface area contributed by atoms with Crippen LogP contribution in [0.4, 0.5) is 5.69 Å². The standard InChI is InChI=1S/C11H13NO3S/c13-11(14)9-5-1-2-6-10(9)12-16(15)7-3-4-8-16/h1-2,5-6H,3-4,7-8H2,(H,13,14). The van der Waals surface area contributed by atoms with E-state index in [0.717, 1.165) is 12.8 Å². The van der Waals surface area contributed by atoms with Crippen LogP contribution in [0, 0.1) is 0 Å². The predicted octanol–water partition coefficient (Wildman–Crippen LogP) is 2.28. The van der Waals surface area contributed by atoms with E-state index in [1.165, 1.54) is 6.07 Å². The third kappa shape index (κ3) is 2.24. The number of carboxylic acids is 1. The maximum Gasteiger partial charge on any atom is 0.337 e. The third-order valence-electron chi connectivity index (χ3n) is 2.58. The molecule has 1 aromatic carbocycles. The van der Waals surface area contributed by atoms with Gasteiger partial charge in [-0.3, -0.25) is 0 Å². The maximum absolute atomic E-state index is 12.2. The summed E-state index contributed by atoms with van der Waals surface area (Å²) in [5.41, 5.74) is 0.457. The lowest BCUT2D eigenvalue weighted by atomic mass is 10.2. The van der Waals surface area contributed by atoms with Crippen molar-refractivity contribution in [3.05, 3.63) is 29.8 Å². The molecule has 0 bridgehead atoms. The molecule has 0 amide bonds. The number of carboxylic acid groups (broad SMARTS) is 1. The Morgan fingerprint density at radius 2 is 1.88 bits per heavy atom. The molecule has 1 saturated heterocycles. The summed E-state index contributed by atoms with van der Waals surface area (Å²) in [6.45, 7) is 0. The van der Waals surface area contributed by atoms with Gasteiger partial charge in [-0.1, -0.05) is 12.1 Å². The molecule has 0 atom stereocenters. The van der Waals surface area contributed by atoms with Gasteiger partial charge in [0.2, 0.25) is 0 Å². The van der Waals surface area contributed by atoms with E-state index in [9.17, 15) is 9.00 Å². The molecule has 4 nitrogen and oxygen atoms in total. The third-order valence-corrected chi connectivity index (χ3v) is 4.96. The number of nitrogens with zero attached hydrogens (tertiary/aromatic N) is 1. The lowest BCUT2D eigenvalue weighted by Crippen LogP contribution is -2.02. The molecule has 0 aliphatic carbocycles. The smallest absolute Gasteiger partial charge is 0.337 e. The predicted molar refractivity (Wildman–Crippen MR) is 62.6 cm³/mol. The van der Waals surface area contributed by atoms with Crippen LogP contribution in [0.25, 0.3) is 0 Å². The number of hydrogen-bond donors (Lipinski definition) is 1. The number of hydrogen-bond acceptors (Lipinski definition) is 3. The molecule has 2 rings (SSSR count). The van der Waals surface area contributed by atoms with Gasteiger partial charge in [0.1, 0.15) is 0 Å². The minimum Gasteiger partial charge on any atom is -0.478 e. The summed E-state index contributed by atoms with van der Waals surface area (Å²) in [4.78, 5) is 10.9. The van der Waals surface area contributed by atoms with Crippen LogP contribution in [-0.4, -0.2) is 26.8 Å². The summed E-state index contributed by atoms with van der Waals surface area (Å²) in [5.74, 6) is 0.141. The monoisotopic (exact) mass is 239 g/mol. The molecule has 1 aliphatic heterocycles. The van der Waals surface area contributed by atoms with Crippen molar-refractivity contribution in [3.8, 4) is 0 Å². The largest absolute Gasteiger partial charge is 0.478 e. The Balaban J connectivity index is 2.49. The first-order valence-electron chi connectivity index (χ1n) is 5.16. The highest BCUT2D eigenvalue weighted by Crippen LogP contribution is 2.24. The minimum atomic E-state index is -2.20. The molecule has 0 radical (unpaired) electrons. The molecule has 1 fully saturated rings. The van der Waals surface area contributed by atoms with Crippen molar-refractivity contribution >= 4 is 21.4 Å². The number of benzene rings is 1. The van der Waals surface area contributed by atoms with Crippen LogP contribution in [0.1, 0.15) is 23.2 Å². The number of carbonyl (C=O) groups is 1. The van der Waals surface area contributed by atoms with Crippen molar-refractivity contribution in [1.82, 2.24) is 0 Å². The normalized spacial score (nSPS) is 18.2. The van der Waals surface area contributed by atoms with E-state index >= 15 is 0 Å². The van der Waals surface area contributed by atoms with Gasteiger partial charge in [-0.15, -0.1) is 0 Å². The molecular formula is C11H13NO3S. The second-order valence-corrected chi connectivity index (χ2v) is 6.35. The molecule has 86 valence electrons. The molecule has 0 aromatic heterocycles. The fourth-order valence-electron chi connectivity index (χ4n) is 1.76. The molecule has 0 saturated carbocycles. The van der Waals surface area contributed by atoms with Gasteiger partial charge in [-0.2, -0.15) is 4.36 Å².